The van der Waals surface area contributed by atoms with E-state index in [0.717, 1.165) is 10.0 Å². The maximum atomic E-state index is 12.1. The second-order valence-corrected chi connectivity index (χ2v) is 6.56. The third-order valence-electron chi connectivity index (χ3n) is 3.19. The Balaban J connectivity index is 1.86. The summed E-state index contributed by atoms with van der Waals surface area (Å²) in [4.78, 5) is 23.7. The van der Waals surface area contributed by atoms with Crippen LogP contribution in [0.5, 0.6) is 0 Å². The number of carbonyl (C=O) groups is 2. The van der Waals surface area contributed by atoms with Crippen LogP contribution in [0, 0.1) is 0 Å². The van der Waals surface area contributed by atoms with Gasteiger partial charge in [-0.1, -0.05) is 28.1 Å². The predicted octanol–water partition coefficient (Wildman–Crippen LogP) is 3.91. The quantitative estimate of drug-likeness (QED) is 0.725. The number of benzene rings is 2. The van der Waals surface area contributed by atoms with Crippen LogP contribution in [-0.2, 0) is 6.54 Å². The lowest BCUT2D eigenvalue weighted by molar-refractivity contribution is 0.0951. The minimum absolute atomic E-state index is 0.0816. The molecule has 0 fully saturated rings. The van der Waals surface area contributed by atoms with Gasteiger partial charge in [-0.05, 0) is 55.8 Å². The molecule has 0 radical (unpaired) electrons. The van der Waals surface area contributed by atoms with Crippen LogP contribution in [0.2, 0.25) is 0 Å². The number of amides is 3. The third kappa shape index (κ3) is 5.70. The molecule has 24 heavy (non-hydrogen) atoms. The van der Waals surface area contributed by atoms with E-state index in [-0.39, 0.29) is 18.0 Å². The molecule has 0 saturated heterocycles. The van der Waals surface area contributed by atoms with Gasteiger partial charge in [-0.15, -0.1) is 0 Å². The summed E-state index contributed by atoms with van der Waals surface area (Å²) in [6, 6.07) is 14.4. The number of hydrogen-bond acceptors (Lipinski definition) is 2. The molecule has 126 valence electrons. The highest BCUT2D eigenvalue weighted by atomic mass is 79.9. The van der Waals surface area contributed by atoms with Crippen molar-refractivity contribution in [3.8, 4) is 0 Å². The Morgan fingerprint density at radius 1 is 1.00 bits per heavy atom. The van der Waals surface area contributed by atoms with Crippen LogP contribution in [0.25, 0.3) is 0 Å². The van der Waals surface area contributed by atoms with Crippen molar-refractivity contribution < 1.29 is 9.59 Å². The molecule has 0 spiro atoms. The first-order valence-corrected chi connectivity index (χ1v) is 8.43. The van der Waals surface area contributed by atoms with Gasteiger partial charge in [-0.25, -0.2) is 4.79 Å². The zero-order valence-electron chi connectivity index (χ0n) is 13.6. The molecular weight excluding hydrogens is 370 g/mol. The number of rotatable bonds is 5. The van der Waals surface area contributed by atoms with Crippen molar-refractivity contribution in [2.75, 3.05) is 5.32 Å². The summed E-state index contributed by atoms with van der Waals surface area (Å²) >= 11 is 3.34. The fourth-order valence-electron chi connectivity index (χ4n) is 2.02. The van der Waals surface area contributed by atoms with E-state index in [0.29, 0.717) is 17.8 Å². The lowest BCUT2D eigenvalue weighted by Crippen LogP contribution is -2.34. The van der Waals surface area contributed by atoms with Gasteiger partial charge in [-0.2, -0.15) is 0 Å². The van der Waals surface area contributed by atoms with Crippen molar-refractivity contribution in [3.05, 3.63) is 64.1 Å². The first-order valence-electron chi connectivity index (χ1n) is 7.64. The Bertz CT molecular complexity index is 697. The predicted molar refractivity (Wildman–Crippen MR) is 99.0 cm³/mol. The van der Waals surface area contributed by atoms with E-state index in [9.17, 15) is 9.59 Å². The monoisotopic (exact) mass is 389 g/mol. The number of anilines is 1. The van der Waals surface area contributed by atoms with Crippen molar-refractivity contribution in [2.45, 2.75) is 26.4 Å². The van der Waals surface area contributed by atoms with Crippen LogP contribution in [0.3, 0.4) is 0 Å². The van der Waals surface area contributed by atoms with Crippen molar-refractivity contribution in [3.63, 3.8) is 0 Å². The maximum absolute atomic E-state index is 12.1. The first-order chi connectivity index (χ1) is 11.4. The minimum atomic E-state index is -0.235. The van der Waals surface area contributed by atoms with Gasteiger partial charge >= 0.3 is 6.03 Å². The summed E-state index contributed by atoms with van der Waals surface area (Å²) in [6.45, 7) is 4.22. The van der Waals surface area contributed by atoms with Gasteiger partial charge in [0.25, 0.3) is 5.91 Å². The average molecular weight is 390 g/mol. The Labute approximate surface area is 150 Å². The van der Waals surface area contributed by atoms with Gasteiger partial charge in [0.15, 0.2) is 0 Å². The fourth-order valence-corrected chi connectivity index (χ4v) is 2.29. The van der Waals surface area contributed by atoms with Gasteiger partial charge in [0.1, 0.15) is 0 Å². The van der Waals surface area contributed by atoms with Gasteiger partial charge < -0.3 is 16.0 Å². The average Bonchev–Trinajstić information content (AvgIpc) is 2.54. The molecule has 0 aliphatic rings. The Morgan fingerprint density at radius 2 is 1.62 bits per heavy atom. The Hall–Kier alpha value is -2.34. The van der Waals surface area contributed by atoms with Gasteiger partial charge in [0.2, 0.25) is 0 Å². The minimum Gasteiger partial charge on any atom is -0.348 e. The molecule has 0 atom stereocenters. The van der Waals surface area contributed by atoms with Crippen molar-refractivity contribution in [2.24, 2.45) is 0 Å². The van der Waals surface area contributed by atoms with Gasteiger partial charge in [-0.3, -0.25) is 4.79 Å². The maximum Gasteiger partial charge on any atom is 0.319 e. The largest absolute Gasteiger partial charge is 0.348 e. The zero-order valence-corrected chi connectivity index (χ0v) is 15.2. The second kappa shape index (κ2) is 8.49. The molecule has 0 aliphatic carbocycles. The summed E-state index contributed by atoms with van der Waals surface area (Å²) < 4.78 is 0.934. The smallest absolute Gasteiger partial charge is 0.319 e. The molecule has 2 aromatic rings. The highest BCUT2D eigenvalue weighted by Gasteiger charge is 2.06. The van der Waals surface area contributed by atoms with E-state index in [2.05, 4.69) is 31.9 Å². The molecule has 5 nitrogen and oxygen atoms in total. The highest BCUT2D eigenvalue weighted by molar-refractivity contribution is 9.10. The number of hydrogen-bond donors (Lipinski definition) is 3. The van der Waals surface area contributed by atoms with Gasteiger partial charge in [0.05, 0.1) is 0 Å². The molecular formula is C18H20BrN3O2. The van der Waals surface area contributed by atoms with Crippen LogP contribution in [0.15, 0.2) is 53.0 Å². The molecule has 6 heteroatoms. The summed E-state index contributed by atoms with van der Waals surface area (Å²) in [6.07, 6.45) is 0. The SMILES string of the molecule is CC(C)NC(=O)Nc1ccc(CNC(=O)c2ccc(Br)cc2)cc1. The summed E-state index contributed by atoms with van der Waals surface area (Å²) in [5.74, 6) is -0.124. The molecule has 0 unspecified atom stereocenters. The molecule has 0 heterocycles. The number of nitrogens with one attached hydrogen (secondary N) is 3. The van der Waals surface area contributed by atoms with E-state index in [4.69, 9.17) is 0 Å². The van der Waals surface area contributed by atoms with Crippen LogP contribution < -0.4 is 16.0 Å². The van der Waals surface area contributed by atoms with E-state index < -0.39 is 0 Å². The van der Waals surface area contributed by atoms with E-state index >= 15 is 0 Å². The molecule has 0 saturated carbocycles. The molecule has 0 aromatic heterocycles. The summed E-state index contributed by atoms with van der Waals surface area (Å²) in [7, 11) is 0. The summed E-state index contributed by atoms with van der Waals surface area (Å²) in [5, 5.41) is 8.38. The molecule has 0 bridgehead atoms. The zero-order chi connectivity index (χ0) is 17.5. The van der Waals surface area contributed by atoms with Crippen molar-refractivity contribution in [1.82, 2.24) is 10.6 Å². The van der Waals surface area contributed by atoms with Crippen molar-refractivity contribution in [1.29, 1.82) is 0 Å². The van der Waals surface area contributed by atoms with Gasteiger partial charge in [0, 0.05) is 28.3 Å². The summed E-state index contributed by atoms with van der Waals surface area (Å²) in [5.41, 5.74) is 2.27. The molecule has 0 aliphatic heterocycles. The normalized spacial score (nSPS) is 10.3. The Morgan fingerprint density at radius 3 is 2.21 bits per heavy atom. The molecule has 3 amide bonds. The van der Waals surface area contributed by atoms with Crippen LogP contribution >= 0.6 is 15.9 Å². The Kier molecular flexibility index (Phi) is 6.37. The fraction of sp³-hybridized carbons (Fsp3) is 0.222. The van der Waals surface area contributed by atoms with Crippen LogP contribution in [0.1, 0.15) is 29.8 Å². The van der Waals surface area contributed by atoms with E-state index in [1.165, 1.54) is 0 Å². The van der Waals surface area contributed by atoms with E-state index in [1.54, 1.807) is 24.3 Å². The molecule has 2 aromatic carbocycles. The number of halogens is 1. The van der Waals surface area contributed by atoms with Crippen LogP contribution in [0.4, 0.5) is 10.5 Å². The van der Waals surface area contributed by atoms with Crippen LogP contribution in [-0.4, -0.2) is 18.0 Å². The molecule has 3 N–H and O–H groups in total. The standard InChI is InChI=1S/C18H20BrN3O2/c1-12(2)21-18(24)22-16-9-3-13(4-10-16)11-20-17(23)14-5-7-15(19)8-6-14/h3-10,12H,11H2,1-2H3,(H,20,23)(H2,21,22,24). The third-order valence-corrected chi connectivity index (χ3v) is 3.72. The highest BCUT2D eigenvalue weighted by Crippen LogP contribution is 2.12. The number of urea groups is 1. The van der Waals surface area contributed by atoms with E-state index in [1.807, 2.05) is 38.1 Å². The topological polar surface area (TPSA) is 70.2 Å². The first kappa shape index (κ1) is 18.0. The lowest BCUT2D eigenvalue weighted by Gasteiger charge is -2.11. The lowest BCUT2D eigenvalue weighted by atomic mass is 10.2. The molecule has 2 rings (SSSR count). The number of carbonyl (C=O) groups excluding carboxylic acids is 2. The second-order valence-electron chi connectivity index (χ2n) is 5.64. The van der Waals surface area contributed by atoms with Crippen molar-refractivity contribution >= 4 is 33.6 Å².